The Hall–Kier alpha value is -0.338. The van der Waals surface area contributed by atoms with Crippen molar-refractivity contribution in [1.82, 2.24) is 5.32 Å². The molecule has 0 aromatic heterocycles. The van der Waals surface area contributed by atoms with Gasteiger partial charge in [0.05, 0.1) is 6.10 Å². The van der Waals surface area contributed by atoms with Gasteiger partial charge in [-0.25, -0.2) is 0 Å². The maximum Gasteiger partial charge on any atom is 0.157 e. The summed E-state index contributed by atoms with van der Waals surface area (Å²) in [5.74, 6) is -0.395. The average Bonchev–Trinajstić information content (AvgIpc) is 2.10. The maximum atomic E-state index is 9.48. The Morgan fingerprint density at radius 3 is 2.43 bits per heavy atom. The van der Waals surface area contributed by atoms with Crippen LogP contribution in [0.1, 0.15) is 11.7 Å². The number of phenolic OH excluding ortho intramolecular Hbond substituents is 2. The molecule has 1 atom stereocenters. The Morgan fingerprint density at radius 2 is 1.93 bits per heavy atom. The molecule has 1 rings (SSSR count). The molecule has 4 radical (unpaired) electrons. The molecule has 0 fully saturated rings. The molecule has 1 aromatic rings. The Balaban J connectivity index is 0.00000169. The summed E-state index contributed by atoms with van der Waals surface area (Å²) >= 11 is 0. The second-order valence-corrected chi connectivity index (χ2v) is 2.82. The summed E-state index contributed by atoms with van der Waals surface area (Å²) in [6.45, 7) is 0.407. The van der Waals surface area contributed by atoms with Crippen LogP contribution in [0.3, 0.4) is 0 Å². The third-order valence-electron chi connectivity index (χ3n) is 1.78. The van der Waals surface area contributed by atoms with Crippen LogP contribution in [0.2, 0.25) is 0 Å². The number of phenols is 2. The molecule has 76 valence electrons. The van der Waals surface area contributed by atoms with Gasteiger partial charge in [0.25, 0.3) is 0 Å². The number of likely N-dealkylation sites (N-methyl/N-ethyl adjacent to an activating group) is 1. The molecule has 0 aliphatic rings. The van der Waals surface area contributed by atoms with E-state index in [4.69, 9.17) is 10.2 Å². The van der Waals surface area contributed by atoms with Gasteiger partial charge in [0, 0.05) is 33.8 Å². The average molecular weight is 390 g/mol. The van der Waals surface area contributed by atoms with Crippen LogP contribution < -0.4 is 5.32 Å². The van der Waals surface area contributed by atoms with Crippen LogP contribution in [0.15, 0.2) is 18.2 Å². The van der Waals surface area contributed by atoms with E-state index in [9.17, 15) is 5.11 Å². The molecule has 0 spiro atoms. The topological polar surface area (TPSA) is 72.7 Å². The number of rotatable bonds is 3. The van der Waals surface area contributed by atoms with E-state index < -0.39 is 6.10 Å². The number of aliphatic hydroxyl groups excluding tert-OH is 1. The van der Waals surface area contributed by atoms with Crippen molar-refractivity contribution in [2.24, 2.45) is 0 Å². The summed E-state index contributed by atoms with van der Waals surface area (Å²) in [5.41, 5.74) is 0.574. The van der Waals surface area contributed by atoms with Gasteiger partial charge in [0.1, 0.15) is 0 Å². The molecule has 5 heteroatoms. The van der Waals surface area contributed by atoms with E-state index in [1.54, 1.807) is 13.1 Å². The first kappa shape index (κ1) is 13.7. The van der Waals surface area contributed by atoms with Crippen LogP contribution in [0, 0.1) is 0 Å². The van der Waals surface area contributed by atoms with Gasteiger partial charge in [-0.15, -0.1) is 0 Å². The number of hydrogen-bond donors (Lipinski definition) is 4. The fourth-order valence-electron chi connectivity index (χ4n) is 1.06. The van der Waals surface area contributed by atoms with Crippen LogP contribution >= 0.6 is 0 Å². The molecular weight excluding hydrogens is 377 g/mol. The second kappa shape index (κ2) is 6.20. The molecule has 0 amide bonds. The quantitative estimate of drug-likeness (QED) is 0.432. The van der Waals surface area contributed by atoms with Gasteiger partial charge < -0.3 is 20.6 Å². The van der Waals surface area contributed by atoms with Crippen LogP contribution in [0.4, 0.5) is 0 Å². The molecule has 0 bridgehead atoms. The molecule has 0 aliphatic heterocycles. The van der Waals surface area contributed by atoms with Crippen molar-refractivity contribution in [3.63, 3.8) is 0 Å². The zero-order valence-corrected chi connectivity index (χ0v) is 11.7. The third kappa shape index (κ3) is 3.43. The smallest absolute Gasteiger partial charge is 0.157 e. The van der Waals surface area contributed by atoms with Crippen molar-refractivity contribution in [1.29, 1.82) is 0 Å². The van der Waals surface area contributed by atoms with Crippen LogP contribution in [-0.2, 0) is 0 Å². The predicted octanol–water partition coefficient (Wildman–Crippen LogP) is -0.0302. The Labute approximate surface area is 103 Å². The molecular formula is C9H13NO3Pb. The van der Waals surface area contributed by atoms with Gasteiger partial charge in [-0.1, -0.05) is 6.07 Å². The minimum atomic E-state index is -0.670. The van der Waals surface area contributed by atoms with Gasteiger partial charge in [0.15, 0.2) is 11.5 Å². The van der Waals surface area contributed by atoms with Crippen molar-refractivity contribution in [3.8, 4) is 11.5 Å². The largest absolute Gasteiger partial charge is 0.504 e. The molecule has 4 N–H and O–H groups in total. The Bertz CT molecular complexity index is 293. The van der Waals surface area contributed by atoms with E-state index in [-0.39, 0.29) is 38.8 Å². The number of aromatic hydroxyl groups is 2. The van der Waals surface area contributed by atoms with Gasteiger partial charge in [-0.3, -0.25) is 0 Å². The van der Waals surface area contributed by atoms with Gasteiger partial charge in [-0.05, 0) is 24.7 Å². The third-order valence-corrected chi connectivity index (χ3v) is 1.78. The van der Waals surface area contributed by atoms with E-state index >= 15 is 0 Å². The Morgan fingerprint density at radius 1 is 1.29 bits per heavy atom. The molecule has 0 saturated carbocycles. The second-order valence-electron chi connectivity index (χ2n) is 2.82. The Kier molecular flexibility index (Phi) is 6.05. The van der Waals surface area contributed by atoms with E-state index in [1.165, 1.54) is 12.1 Å². The monoisotopic (exact) mass is 391 g/mol. The zero-order chi connectivity index (χ0) is 9.84. The van der Waals surface area contributed by atoms with E-state index in [0.29, 0.717) is 12.1 Å². The van der Waals surface area contributed by atoms with Crippen LogP contribution in [0.5, 0.6) is 11.5 Å². The summed E-state index contributed by atoms with van der Waals surface area (Å²) in [6.07, 6.45) is -0.670. The first-order valence-corrected chi connectivity index (χ1v) is 3.99. The van der Waals surface area contributed by atoms with Gasteiger partial charge in [-0.2, -0.15) is 0 Å². The summed E-state index contributed by atoms with van der Waals surface area (Å²) in [4.78, 5) is 0. The molecule has 1 unspecified atom stereocenters. The van der Waals surface area contributed by atoms with Gasteiger partial charge in [0.2, 0.25) is 0 Å². The summed E-state index contributed by atoms with van der Waals surface area (Å²) < 4.78 is 0. The number of hydrogen-bond acceptors (Lipinski definition) is 4. The first-order chi connectivity index (χ1) is 6.15. The maximum absolute atomic E-state index is 9.48. The summed E-state index contributed by atoms with van der Waals surface area (Å²) in [7, 11) is 1.73. The van der Waals surface area contributed by atoms with Crippen molar-refractivity contribution in [2.75, 3.05) is 13.6 Å². The van der Waals surface area contributed by atoms with Crippen molar-refractivity contribution >= 4 is 27.3 Å². The fourth-order valence-corrected chi connectivity index (χ4v) is 1.06. The van der Waals surface area contributed by atoms with Crippen LogP contribution in [0.25, 0.3) is 0 Å². The molecule has 1 aromatic carbocycles. The van der Waals surface area contributed by atoms with E-state index in [0.717, 1.165) is 0 Å². The van der Waals surface area contributed by atoms with Crippen molar-refractivity contribution in [3.05, 3.63) is 23.8 Å². The number of benzene rings is 1. The minimum absolute atomic E-state index is 0. The van der Waals surface area contributed by atoms with E-state index in [1.807, 2.05) is 0 Å². The number of aliphatic hydroxyl groups is 1. The zero-order valence-electron chi connectivity index (χ0n) is 7.86. The SMILES string of the molecule is CNCC(O)c1ccc(O)c(O)c1.[Pb]. The predicted molar refractivity (Wildman–Crippen MR) is 54.4 cm³/mol. The standard InChI is InChI=1S/C9H13NO3.Pb/c1-10-5-9(13)6-2-3-7(11)8(12)4-6;/h2-4,9-13H,5H2,1H3;. The molecule has 14 heavy (non-hydrogen) atoms. The molecule has 0 heterocycles. The van der Waals surface area contributed by atoms with Crippen molar-refractivity contribution in [2.45, 2.75) is 6.10 Å². The molecule has 0 saturated heterocycles. The normalized spacial score (nSPS) is 11.9. The minimum Gasteiger partial charge on any atom is -0.504 e. The number of nitrogens with one attached hydrogen (secondary N) is 1. The van der Waals surface area contributed by atoms with E-state index in [2.05, 4.69) is 5.32 Å². The fraction of sp³-hybridized carbons (Fsp3) is 0.333. The summed E-state index contributed by atoms with van der Waals surface area (Å²) in [6, 6.07) is 4.26. The molecule has 4 nitrogen and oxygen atoms in total. The summed E-state index contributed by atoms with van der Waals surface area (Å²) in [5, 5.41) is 30.4. The van der Waals surface area contributed by atoms with Crippen molar-refractivity contribution < 1.29 is 15.3 Å². The van der Waals surface area contributed by atoms with Crippen LogP contribution in [-0.4, -0.2) is 56.2 Å². The molecule has 0 aliphatic carbocycles. The first-order valence-electron chi connectivity index (χ1n) is 3.99. The van der Waals surface area contributed by atoms with Gasteiger partial charge >= 0.3 is 0 Å².